The third-order valence-corrected chi connectivity index (χ3v) is 4.77. The van der Waals surface area contributed by atoms with Crippen molar-refractivity contribution < 1.29 is 23.0 Å². The molecule has 0 unspecified atom stereocenters. The summed E-state index contributed by atoms with van der Waals surface area (Å²) in [5.74, 6) is -0.682. The van der Waals surface area contributed by atoms with Crippen LogP contribution in [-0.4, -0.2) is 24.5 Å². The summed E-state index contributed by atoms with van der Waals surface area (Å²) in [4.78, 5) is 16.2. The second kappa shape index (κ2) is 8.79. The molecule has 146 valence electrons. The molecule has 1 aromatic heterocycles. The lowest BCUT2D eigenvalue weighted by atomic mass is 10.2. The Balaban J connectivity index is 1.77. The van der Waals surface area contributed by atoms with Crippen LogP contribution in [0, 0.1) is 11.6 Å². The Morgan fingerprint density at radius 3 is 2.71 bits per heavy atom. The van der Waals surface area contributed by atoms with Crippen LogP contribution < -0.4 is 14.8 Å². The molecule has 3 aromatic rings. The molecule has 2 aromatic carbocycles. The molecule has 0 bridgehead atoms. The van der Waals surface area contributed by atoms with Crippen LogP contribution >= 0.6 is 11.3 Å². The highest BCUT2D eigenvalue weighted by Gasteiger charge is 2.14. The van der Waals surface area contributed by atoms with Gasteiger partial charge >= 0.3 is 0 Å². The van der Waals surface area contributed by atoms with Gasteiger partial charge in [-0.15, -0.1) is 11.3 Å². The number of ether oxygens (including phenoxy) is 2. The number of hydrogen-bond donors (Lipinski definition) is 1. The molecule has 0 aliphatic heterocycles. The fourth-order valence-electron chi connectivity index (χ4n) is 2.48. The van der Waals surface area contributed by atoms with Crippen molar-refractivity contribution >= 4 is 17.2 Å². The third kappa shape index (κ3) is 4.45. The Hall–Kier alpha value is -3.00. The average molecular weight is 404 g/mol. The summed E-state index contributed by atoms with van der Waals surface area (Å²) in [5, 5.41) is 5.06. The van der Waals surface area contributed by atoms with Crippen molar-refractivity contribution in [3.05, 3.63) is 64.7 Å². The highest BCUT2D eigenvalue weighted by Crippen LogP contribution is 2.34. The summed E-state index contributed by atoms with van der Waals surface area (Å²) in [6.07, 6.45) is 0. The number of nitrogens with one attached hydrogen (secondary N) is 1. The summed E-state index contributed by atoms with van der Waals surface area (Å²) in [6.45, 7) is 2.30. The van der Waals surface area contributed by atoms with Crippen LogP contribution in [0.15, 0.2) is 41.8 Å². The van der Waals surface area contributed by atoms with Crippen molar-refractivity contribution in [2.24, 2.45) is 0 Å². The first-order valence-corrected chi connectivity index (χ1v) is 9.38. The number of halogens is 2. The van der Waals surface area contributed by atoms with E-state index in [4.69, 9.17) is 9.47 Å². The molecule has 0 aliphatic rings. The van der Waals surface area contributed by atoms with E-state index in [1.807, 2.05) is 6.92 Å². The highest BCUT2D eigenvalue weighted by atomic mass is 32.1. The van der Waals surface area contributed by atoms with Gasteiger partial charge in [0.2, 0.25) is 0 Å². The summed E-state index contributed by atoms with van der Waals surface area (Å²) in [6, 6.07) is 8.52. The molecular formula is C20H18F2N2O3S. The van der Waals surface area contributed by atoms with Gasteiger partial charge in [-0.05, 0) is 37.3 Å². The topological polar surface area (TPSA) is 60.5 Å². The number of nitrogens with zero attached hydrogens (tertiary/aromatic N) is 1. The number of thiazole rings is 1. The zero-order chi connectivity index (χ0) is 20.1. The molecular weight excluding hydrogens is 386 g/mol. The van der Waals surface area contributed by atoms with Crippen LogP contribution in [-0.2, 0) is 6.61 Å². The Morgan fingerprint density at radius 2 is 2.00 bits per heavy atom. The van der Waals surface area contributed by atoms with E-state index >= 15 is 0 Å². The zero-order valence-electron chi connectivity index (χ0n) is 15.3. The Kier molecular flexibility index (Phi) is 6.20. The monoisotopic (exact) mass is 404 g/mol. The maximum Gasteiger partial charge on any atom is 0.270 e. The van der Waals surface area contributed by atoms with Crippen molar-refractivity contribution in [2.75, 3.05) is 13.7 Å². The first kappa shape index (κ1) is 19.8. The maximum absolute atomic E-state index is 13.8. The van der Waals surface area contributed by atoms with E-state index in [9.17, 15) is 13.6 Å². The number of amides is 1. The lowest BCUT2D eigenvalue weighted by Crippen LogP contribution is -2.22. The van der Waals surface area contributed by atoms with Crippen LogP contribution in [0.25, 0.3) is 10.6 Å². The van der Waals surface area contributed by atoms with Crippen LogP contribution in [0.4, 0.5) is 8.78 Å². The fourth-order valence-corrected chi connectivity index (χ4v) is 3.27. The second-order valence-corrected chi connectivity index (χ2v) is 6.65. The number of aromatic nitrogens is 1. The molecule has 0 aliphatic carbocycles. The van der Waals surface area contributed by atoms with Crippen LogP contribution in [0.1, 0.15) is 23.0 Å². The van der Waals surface area contributed by atoms with Crippen molar-refractivity contribution in [3.8, 4) is 22.1 Å². The normalized spacial score (nSPS) is 10.6. The number of carbonyl (C=O) groups is 1. The minimum atomic E-state index is -0.670. The van der Waals surface area contributed by atoms with Gasteiger partial charge in [0.25, 0.3) is 5.91 Å². The lowest BCUT2D eigenvalue weighted by Gasteiger charge is -2.12. The lowest BCUT2D eigenvalue weighted by molar-refractivity contribution is 0.0951. The fraction of sp³-hybridized carbons (Fsp3) is 0.200. The molecule has 0 saturated heterocycles. The van der Waals surface area contributed by atoms with Crippen LogP contribution in [0.2, 0.25) is 0 Å². The van der Waals surface area contributed by atoms with Crippen molar-refractivity contribution in [1.82, 2.24) is 10.3 Å². The van der Waals surface area contributed by atoms with E-state index in [-0.39, 0.29) is 18.1 Å². The molecule has 0 spiro atoms. The van der Waals surface area contributed by atoms with Crippen LogP contribution in [0.5, 0.6) is 11.5 Å². The minimum absolute atomic E-state index is 0.0690. The number of benzene rings is 2. The molecule has 1 N–H and O–H groups in total. The van der Waals surface area contributed by atoms with E-state index in [1.54, 1.807) is 23.6 Å². The molecule has 28 heavy (non-hydrogen) atoms. The highest BCUT2D eigenvalue weighted by molar-refractivity contribution is 7.13. The first-order valence-electron chi connectivity index (χ1n) is 8.50. The number of methoxy groups -OCH3 is 1. The van der Waals surface area contributed by atoms with E-state index < -0.39 is 11.6 Å². The quantitative estimate of drug-likeness (QED) is 0.633. The minimum Gasteiger partial charge on any atom is -0.493 e. The van der Waals surface area contributed by atoms with Gasteiger partial charge in [-0.1, -0.05) is 0 Å². The molecule has 0 atom stereocenters. The molecule has 5 nitrogen and oxygen atoms in total. The van der Waals surface area contributed by atoms with Crippen molar-refractivity contribution in [3.63, 3.8) is 0 Å². The molecule has 0 saturated carbocycles. The second-order valence-electron chi connectivity index (χ2n) is 5.79. The van der Waals surface area contributed by atoms with Gasteiger partial charge in [0.15, 0.2) is 11.5 Å². The Morgan fingerprint density at radius 1 is 1.18 bits per heavy atom. The molecule has 0 fully saturated rings. The average Bonchev–Trinajstić information content (AvgIpc) is 3.18. The SMILES string of the molecule is CCNC(=O)c1csc(-c2ccc(OCc3ccc(F)cc3F)c(OC)c2)n1. The number of carbonyl (C=O) groups excluding carboxylic acids is 1. The van der Waals surface area contributed by atoms with Gasteiger partial charge in [-0.2, -0.15) is 0 Å². The summed E-state index contributed by atoms with van der Waals surface area (Å²) < 4.78 is 37.7. The van der Waals surface area contributed by atoms with E-state index in [1.165, 1.54) is 30.6 Å². The third-order valence-electron chi connectivity index (χ3n) is 3.88. The van der Waals surface area contributed by atoms with Gasteiger partial charge in [0.1, 0.15) is 28.9 Å². The summed E-state index contributed by atoms with van der Waals surface area (Å²) in [7, 11) is 1.49. The summed E-state index contributed by atoms with van der Waals surface area (Å²) in [5.41, 5.74) is 1.35. The molecule has 8 heteroatoms. The molecule has 3 rings (SSSR count). The number of rotatable bonds is 7. The Labute approximate surface area is 164 Å². The first-order chi connectivity index (χ1) is 13.5. The van der Waals surface area contributed by atoms with E-state index in [0.29, 0.717) is 28.7 Å². The van der Waals surface area contributed by atoms with E-state index in [2.05, 4.69) is 10.3 Å². The van der Waals surface area contributed by atoms with Crippen molar-refractivity contribution in [1.29, 1.82) is 0 Å². The standard InChI is InChI=1S/C20H18F2N2O3S/c1-3-23-19(25)16-11-28-20(24-16)12-5-7-17(18(8-12)26-2)27-10-13-4-6-14(21)9-15(13)22/h4-9,11H,3,10H2,1-2H3,(H,23,25). The summed E-state index contributed by atoms with van der Waals surface area (Å²) >= 11 is 1.34. The van der Waals surface area contributed by atoms with E-state index in [0.717, 1.165) is 11.6 Å². The molecule has 1 heterocycles. The zero-order valence-corrected chi connectivity index (χ0v) is 16.1. The van der Waals surface area contributed by atoms with Gasteiger partial charge in [-0.3, -0.25) is 4.79 Å². The predicted molar refractivity (Wildman–Crippen MR) is 103 cm³/mol. The van der Waals surface area contributed by atoms with Gasteiger partial charge in [0.05, 0.1) is 7.11 Å². The van der Waals surface area contributed by atoms with Gasteiger partial charge < -0.3 is 14.8 Å². The smallest absolute Gasteiger partial charge is 0.270 e. The van der Waals surface area contributed by atoms with Crippen LogP contribution in [0.3, 0.4) is 0 Å². The van der Waals surface area contributed by atoms with Gasteiger partial charge in [0, 0.05) is 29.1 Å². The predicted octanol–water partition coefficient (Wildman–Crippen LogP) is 4.43. The Bertz CT molecular complexity index is 991. The molecule has 0 radical (unpaired) electrons. The largest absolute Gasteiger partial charge is 0.493 e. The maximum atomic E-state index is 13.8. The van der Waals surface area contributed by atoms with Crippen molar-refractivity contribution in [2.45, 2.75) is 13.5 Å². The number of hydrogen-bond acceptors (Lipinski definition) is 5. The van der Waals surface area contributed by atoms with Gasteiger partial charge in [-0.25, -0.2) is 13.8 Å². The molecule has 1 amide bonds.